The number of para-hydroxylation sites is 1. The van der Waals surface area contributed by atoms with E-state index in [0.717, 1.165) is 6.07 Å². The van der Waals surface area contributed by atoms with Crippen molar-refractivity contribution >= 4 is 34.1 Å². The van der Waals surface area contributed by atoms with Gasteiger partial charge in [-0.15, -0.1) is 0 Å². The third-order valence-electron chi connectivity index (χ3n) is 5.83. The number of nitrogens with one attached hydrogen (secondary N) is 2. The zero-order chi connectivity index (χ0) is 23.6. The number of aromatic nitrogens is 1. The molecule has 0 bridgehead atoms. The summed E-state index contributed by atoms with van der Waals surface area (Å²) in [5.41, 5.74) is 0.114. The number of anilines is 1. The van der Waals surface area contributed by atoms with E-state index in [0.29, 0.717) is 53.1 Å². The largest absolute Gasteiger partial charge is 0.496 e. The molecular weight excluding hydrogens is 455 g/mol. The van der Waals surface area contributed by atoms with Crippen LogP contribution in [0.3, 0.4) is 0 Å². The molecule has 1 aliphatic rings. The van der Waals surface area contributed by atoms with Gasteiger partial charge in [-0.2, -0.15) is 13.2 Å². The Labute approximate surface area is 194 Å². The van der Waals surface area contributed by atoms with E-state index in [9.17, 15) is 18.0 Å². The summed E-state index contributed by atoms with van der Waals surface area (Å²) >= 11 is 6.08. The number of pyridine rings is 1. The van der Waals surface area contributed by atoms with Crippen LogP contribution in [0.2, 0.25) is 5.02 Å². The Morgan fingerprint density at radius 2 is 1.76 bits per heavy atom. The summed E-state index contributed by atoms with van der Waals surface area (Å²) in [5.74, 6) is 0.308. The Balaban J connectivity index is 1.45. The van der Waals surface area contributed by atoms with Crippen LogP contribution in [-0.2, 0) is 6.18 Å². The van der Waals surface area contributed by atoms with E-state index in [1.165, 1.54) is 19.2 Å². The molecule has 1 aromatic heterocycles. The van der Waals surface area contributed by atoms with Crippen molar-refractivity contribution in [1.82, 2.24) is 10.3 Å². The van der Waals surface area contributed by atoms with Crippen LogP contribution in [0.4, 0.5) is 18.9 Å². The molecule has 2 N–H and O–H groups in total. The summed E-state index contributed by atoms with van der Waals surface area (Å²) in [4.78, 5) is 16.4. The van der Waals surface area contributed by atoms with E-state index in [1.807, 2.05) is 0 Å². The van der Waals surface area contributed by atoms with Gasteiger partial charge in [0.2, 0.25) is 0 Å². The Bertz CT molecular complexity index is 1160. The molecule has 2 aromatic carbocycles. The fraction of sp³-hybridized carbons (Fsp3) is 0.333. The monoisotopic (exact) mass is 477 g/mol. The van der Waals surface area contributed by atoms with Gasteiger partial charge in [0.05, 0.1) is 18.2 Å². The van der Waals surface area contributed by atoms with E-state index in [4.69, 9.17) is 16.3 Å². The number of halogens is 4. The Morgan fingerprint density at radius 3 is 2.45 bits per heavy atom. The molecule has 9 heteroatoms. The summed E-state index contributed by atoms with van der Waals surface area (Å²) in [6, 6.07) is 12.6. The maximum absolute atomic E-state index is 13.4. The summed E-state index contributed by atoms with van der Waals surface area (Å²) in [5, 5.41) is 7.26. The Morgan fingerprint density at radius 1 is 1.06 bits per heavy atom. The van der Waals surface area contributed by atoms with Crippen LogP contribution in [0.25, 0.3) is 10.9 Å². The quantitative estimate of drug-likeness (QED) is 0.468. The third-order valence-corrected chi connectivity index (χ3v) is 6.07. The molecule has 1 heterocycles. The summed E-state index contributed by atoms with van der Waals surface area (Å²) < 4.78 is 45.3. The van der Waals surface area contributed by atoms with Gasteiger partial charge in [0.15, 0.2) is 0 Å². The number of amides is 1. The van der Waals surface area contributed by atoms with Crippen molar-refractivity contribution in [2.45, 2.75) is 43.9 Å². The lowest BCUT2D eigenvalue weighted by Crippen LogP contribution is -2.40. The molecule has 174 valence electrons. The molecule has 5 nitrogen and oxygen atoms in total. The van der Waals surface area contributed by atoms with Gasteiger partial charge in [-0.05, 0) is 62.1 Å². The van der Waals surface area contributed by atoms with Crippen molar-refractivity contribution in [2.75, 3.05) is 12.4 Å². The first kappa shape index (κ1) is 23.2. The molecule has 1 amide bonds. The summed E-state index contributed by atoms with van der Waals surface area (Å²) in [6.07, 6.45) is -1.75. The van der Waals surface area contributed by atoms with E-state index in [2.05, 4.69) is 15.6 Å². The topological polar surface area (TPSA) is 63.2 Å². The van der Waals surface area contributed by atoms with E-state index >= 15 is 0 Å². The molecule has 33 heavy (non-hydrogen) atoms. The summed E-state index contributed by atoms with van der Waals surface area (Å²) in [6.45, 7) is 0. The van der Waals surface area contributed by atoms with Crippen LogP contribution in [0.5, 0.6) is 5.75 Å². The number of alkyl halides is 3. The molecule has 0 saturated heterocycles. The normalized spacial score (nSPS) is 18.7. The second kappa shape index (κ2) is 9.47. The van der Waals surface area contributed by atoms with Gasteiger partial charge in [-0.1, -0.05) is 23.7 Å². The van der Waals surface area contributed by atoms with Gasteiger partial charge in [0, 0.05) is 28.2 Å². The summed E-state index contributed by atoms with van der Waals surface area (Å²) in [7, 11) is 1.52. The van der Waals surface area contributed by atoms with Crippen LogP contribution in [0.1, 0.15) is 41.7 Å². The highest BCUT2D eigenvalue weighted by Crippen LogP contribution is 2.35. The first-order chi connectivity index (χ1) is 15.7. The fourth-order valence-electron chi connectivity index (χ4n) is 4.16. The van der Waals surface area contributed by atoms with E-state index in [1.54, 1.807) is 30.3 Å². The number of ether oxygens (including phenoxy) is 1. The predicted octanol–water partition coefficient (Wildman–Crippen LogP) is 6.07. The number of nitrogens with zero attached hydrogens (tertiary/aromatic N) is 1. The van der Waals surface area contributed by atoms with E-state index in [-0.39, 0.29) is 23.5 Å². The maximum Gasteiger partial charge on any atom is 0.433 e. The number of methoxy groups -OCH3 is 1. The van der Waals surface area contributed by atoms with Gasteiger partial charge in [-0.3, -0.25) is 4.79 Å². The molecule has 0 radical (unpaired) electrons. The molecule has 0 atom stereocenters. The molecule has 1 fully saturated rings. The van der Waals surface area contributed by atoms with Crippen molar-refractivity contribution in [3.63, 3.8) is 0 Å². The smallest absolute Gasteiger partial charge is 0.433 e. The lowest BCUT2D eigenvalue weighted by Gasteiger charge is -2.31. The highest BCUT2D eigenvalue weighted by atomic mass is 35.5. The number of fused-ring (bicyclic) bond motifs is 1. The molecule has 3 aromatic rings. The average Bonchev–Trinajstić information content (AvgIpc) is 2.79. The average molecular weight is 478 g/mol. The van der Waals surface area contributed by atoms with Gasteiger partial charge in [0.1, 0.15) is 11.4 Å². The Kier molecular flexibility index (Phi) is 6.65. The lowest BCUT2D eigenvalue weighted by atomic mass is 9.90. The minimum atomic E-state index is -4.55. The lowest BCUT2D eigenvalue weighted by molar-refractivity contribution is -0.140. The number of carbonyl (C=O) groups is 1. The van der Waals surface area contributed by atoms with Crippen molar-refractivity contribution in [2.24, 2.45) is 0 Å². The highest BCUT2D eigenvalue weighted by molar-refractivity contribution is 6.31. The number of hydrogen-bond donors (Lipinski definition) is 2. The van der Waals surface area contributed by atoms with Crippen LogP contribution >= 0.6 is 11.6 Å². The minimum absolute atomic E-state index is 0.0187. The molecule has 0 unspecified atom stereocenters. The zero-order valence-corrected chi connectivity index (χ0v) is 18.6. The number of carbonyl (C=O) groups excluding carboxylic acids is 1. The zero-order valence-electron chi connectivity index (χ0n) is 17.9. The molecule has 1 saturated carbocycles. The molecule has 0 spiro atoms. The second-order valence-corrected chi connectivity index (χ2v) is 8.52. The van der Waals surface area contributed by atoms with Crippen molar-refractivity contribution in [3.8, 4) is 5.75 Å². The Hall–Kier alpha value is -3.00. The number of hydrogen-bond acceptors (Lipinski definition) is 4. The minimum Gasteiger partial charge on any atom is -0.496 e. The van der Waals surface area contributed by atoms with Crippen LogP contribution < -0.4 is 15.4 Å². The SMILES string of the molecule is COc1ccccc1C(=O)N[C@H]1CC[C@@H](Nc2cc(C(F)(F)F)nc3ccc(Cl)cc23)CC1. The van der Waals surface area contributed by atoms with E-state index < -0.39 is 11.9 Å². The molecular formula is C24H23ClF3N3O2. The van der Waals surface area contributed by atoms with Crippen LogP contribution in [-0.4, -0.2) is 30.1 Å². The van der Waals surface area contributed by atoms with Gasteiger partial charge < -0.3 is 15.4 Å². The van der Waals surface area contributed by atoms with Gasteiger partial charge in [-0.25, -0.2) is 4.98 Å². The van der Waals surface area contributed by atoms with Crippen molar-refractivity contribution in [3.05, 3.63) is 64.8 Å². The van der Waals surface area contributed by atoms with Crippen LogP contribution in [0, 0.1) is 0 Å². The number of rotatable bonds is 5. The van der Waals surface area contributed by atoms with Gasteiger partial charge in [0.25, 0.3) is 5.91 Å². The van der Waals surface area contributed by atoms with Crippen molar-refractivity contribution in [1.29, 1.82) is 0 Å². The first-order valence-electron chi connectivity index (χ1n) is 10.6. The predicted molar refractivity (Wildman–Crippen MR) is 122 cm³/mol. The van der Waals surface area contributed by atoms with Crippen molar-refractivity contribution < 1.29 is 22.7 Å². The molecule has 4 rings (SSSR count). The molecule has 0 aliphatic heterocycles. The standard InChI is InChI=1S/C24H23ClF3N3O2/c1-33-21-5-3-2-4-17(21)23(32)30-16-9-7-15(8-10-16)29-20-13-22(24(26,27)28)31-19-11-6-14(25)12-18(19)20/h2-6,11-13,15-16H,7-10H2,1H3,(H,29,31)(H,30,32)/t15-,16+. The highest BCUT2D eigenvalue weighted by Gasteiger charge is 2.34. The fourth-order valence-corrected chi connectivity index (χ4v) is 4.33. The molecule has 1 aliphatic carbocycles. The second-order valence-electron chi connectivity index (χ2n) is 8.08. The third kappa shape index (κ3) is 5.33. The van der Waals surface area contributed by atoms with Gasteiger partial charge >= 0.3 is 6.18 Å². The maximum atomic E-state index is 13.4. The number of benzene rings is 2. The van der Waals surface area contributed by atoms with Crippen LogP contribution in [0.15, 0.2) is 48.5 Å². The first-order valence-corrected chi connectivity index (χ1v) is 11.0.